The van der Waals surface area contributed by atoms with Gasteiger partial charge in [0.15, 0.2) is 0 Å². The van der Waals surface area contributed by atoms with Gasteiger partial charge in [0.25, 0.3) is 0 Å². The van der Waals surface area contributed by atoms with Crippen molar-refractivity contribution in [1.29, 1.82) is 0 Å². The van der Waals surface area contributed by atoms with Crippen LogP contribution in [-0.2, 0) is 12.9 Å². The molecule has 0 aliphatic carbocycles. The first-order chi connectivity index (χ1) is 7.95. The Morgan fingerprint density at radius 1 is 1.50 bits per heavy atom. The van der Waals surface area contributed by atoms with Crippen LogP contribution in [0, 0.1) is 0 Å². The zero-order valence-corrected chi connectivity index (χ0v) is 5.13. The highest BCUT2D eigenvalue weighted by atomic mass is 15.3. The van der Waals surface area contributed by atoms with Gasteiger partial charge in [-0.05, 0) is 12.7 Å². The summed E-state index contributed by atoms with van der Waals surface area (Å²) in [6.07, 6.45) is -10.4. The summed E-state index contributed by atoms with van der Waals surface area (Å²) in [5.41, 5.74) is 0. The summed E-state index contributed by atoms with van der Waals surface area (Å²) < 4.78 is 62.6. The van der Waals surface area contributed by atoms with Crippen molar-refractivity contribution >= 4 is 0 Å². The third-order valence-corrected chi connectivity index (χ3v) is 1.19. The molecular weight excluding hydrogens is 126 g/mol. The van der Waals surface area contributed by atoms with E-state index in [-0.39, 0.29) is 0 Å². The van der Waals surface area contributed by atoms with Crippen molar-refractivity contribution in [2.24, 2.45) is 0 Å². The Hall–Kier alpha value is -0.860. The Morgan fingerprint density at radius 2 is 2.50 bits per heavy atom. The van der Waals surface area contributed by atoms with Gasteiger partial charge in [0, 0.05) is 23.9 Å². The fourth-order valence-electron chi connectivity index (χ4n) is 0.724. The molecule has 1 aromatic rings. The molecule has 54 valence electrons. The normalized spacial score (nSPS) is 50.0. The SMILES string of the molecule is [2H]C1([2H])Cn2cnnc2C([2H])([2H])C([2H])([2H])C1([2H])[2H]. The van der Waals surface area contributed by atoms with Gasteiger partial charge in [-0.3, -0.25) is 0 Å². The van der Waals surface area contributed by atoms with Crippen LogP contribution in [0.2, 0.25) is 0 Å². The molecule has 0 saturated heterocycles. The largest absolute Gasteiger partial charge is 0.318 e. The van der Waals surface area contributed by atoms with Crippen LogP contribution < -0.4 is 0 Å². The smallest absolute Gasteiger partial charge is 0.132 e. The molecule has 0 atom stereocenters. The van der Waals surface area contributed by atoms with E-state index in [9.17, 15) is 0 Å². The van der Waals surface area contributed by atoms with Crippen LogP contribution in [0.15, 0.2) is 6.33 Å². The van der Waals surface area contributed by atoms with E-state index in [0.29, 0.717) is 0 Å². The van der Waals surface area contributed by atoms with Crippen molar-refractivity contribution in [3.63, 3.8) is 0 Å². The second kappa shape index (κ2) is 2.40. The van der Waals surface area contributed by atoms with E-state index >= 15 is 0 Å². The summed E-state index contributed by atoms with van der Waals surface area (Å²) >= 11 is 0. The fourth-order valence-corrected chi connectivity index (χ4v) is 0.724. The standard InChI is InChI=1S/C7H11N3/c1-2-4-7-9-8-6-10(7)5-3-1/h6H,1-5H2/i1D2,2D2,3D2,4D2. The summed E-state index contributed by atoms with van der Waals surface area (Å²) in [5, 5.41) is 6.90. The van der Waals surface area contributed by atoms with E-state index in [1.807, 2.05) is 0 Å². The molecule has 3 heteroatoms. The Kier molecular flexibility index (Phi) is 0.442. The van der Waals surface area contributed by atoms with Crippen LogP contribution in [0.25, 0.3) is 0 Å². The van der Waals surface area contributed by atoms with Crippen LogP contribution in [0.4, 0.5) is 0 Å². The van der Waals surface area contributed by atoms with Crippen molar-refractivity contribution in [2.75, 3.05) is 0 Å². The number of nitrogens with zero attached hydrogens (tertiary/aromatic N) is 3. The molecule has 10 heavy (non-hydrogen) atoms. The zero-order chi connectivity index (χ0) is 14.0. The average molecular weight is 145 g/mol. The summed E-state index contributed by atoms with van der Waals surface area (Å²) in [4.78, 5) is 0. The highest BCUT2D eigenvalue weighted by Gasteiger charge is 2.06. The van der Waals surface area contributed by atoms with Gasteiger partial charge in [-0.1, -0.05) is 6.37 Å². The van der Waals surface area contributed by atoms with Crippen LogP contribution in [0.3, 0.4) is 0 Å². The number of hydrogen-bond acceptors (Lipinski definition) is 2. The predicted octanol–water partition coefficient (Wildman–Crippen LogP) is 1.00. The van der Waals surface area contributed by atoms with Gasteiger partial charge >= 0.3 is 0 Å². The van der Waals surface area contributed by atoms with Crippen LogP contribution in [-0.4, -0.2) is 14.8 Å². The third kappa shape index (κ3) is 0.916. The lowest BCUT2D eigenvalue weighted by molar-refractivity contribution is 0.632. The number of hydrogen-bond donors (Lipinski definition) is 0. The molecule has 0 saturated carbocycles. The van der Waals surface area contributed by atoms with Crippen molar-refractivity contribution in [3.05, 3.63) is 12.2 Å². The van der Waals surface area contributed by atoms with Gasteiger partial charge in [-0.2, -0.15) is 0 Å². The van der Waals surface area contributed by atoms with Crippen molar-refractivity contribution in [1.82, 2.24) is 14.8 Å². The molecule has 0 unspecified atom stereocenters. The average Bonchev–Trinajstić information content (AvgIpc) is 2.62. The van der Waals surface area contributed by atoms with E-state index in [2.05, 4.69) is 10.2 Å². The minimum absolute atomic E-state index is 0.405. The summed E-state index contributed by atoms with van der Waals surface area (Å²) in [7, 11) is 0. The van der Waals surface area contributed by atoms with Crippen molar-refractivity contribution < 1.29 is 11.0 Å². The Bertz CT molecular complexity index is 479. The third-order valence-electron chi connectivity index (χ3n) is 1.19. The first kappa shape index (κ1) is 1.84. The molecule has 0 fully saturated rings. The lowest BCUT2D eigenvalue weighted by Crippen LogP contribution is -1.98. The van der Waals surface area contributed by atoms with E-state index in [1.54, 1.807) is 0 Å². The highest BCUT2D eigenvalue weighted by molar-refractivity contribution is 4.87. The van der Waals surface area contributed by atoms with Gasteiger partial charge in [-0.25, -0.2) is 0 Å². The van der Waals surface area contributed by atoms with E-state index in [1.165, 1.54) is 0 Å². The molecule has 2 rings (SSSR count). The van der Waals surface area contributed by atoms with Gasteiger partial charge < -0.3 is 4.57 Å². The lowest BCUT2D eigenvalue weighted by atomic mass is 10.2. The molecule has 3 nitrogen and oxygen atoms in total. The quantitative estimate of drug-likeness (QED) is 0.545. The summed E-state index contributed by atoms with van der Waals surface area (Å²) in [5.74, 6) is -0.405. The Balaban J connectivity index is 2.74. The molecular formula is C7H11N3. The Labute approximate surface area is 71.3 Å². The van der Waals surface area contributed by atoms with Gasteiger partial charge in [-0.15, -0.1) is 10.2 Å². The predicted molar refractivity (Wildman–Crippen MR) is 37.6 cm³/mol. The topological polar surface area (TPSA) is 30.7 Å². The second-order valence-corrected chi connectivity index (χ2v) is 1.83. The Morgan fingerprint density at radius 3 is 3.50 bits per heavy atom. The maximum atomic E-state index is 7.76. The number of fused-ring (bicyclic) bond motifs is 1. The molecule has 0 bridgehead atoms. The molecule has 1 aliphatic rings. The molecule has 1 aromatic heterocycles. The minimum atomic E-state index is -3.08. The maximum absolute atomic E-state index is 7.76. The van der Waals surface area contributed by atoms with Gasteiger partial charge in [0.1, 0.15) is 12.2 Å². The first-order valence-electron chi connectivity index (χ1n) is 6.83. The van der Waals surface area contributed by atoms with Crippen LogP contribution in [0.1, 0.15) is 35.9 Å². The van der Waals surface area contributed by atoms with E-state index in [4.69, 9.17) is 11.0 Å². The molecule has 0 aromatic carbocycles. The molecule has 0 spiro atoms. The number of aryl methyl sites for hydroxylation is 2. The van der Waals surface area contributed by atoms with Gasteiger partial charge in [0.2, 0.25) is 0 Å². The highest BCUT2D eigenvalue weighted by Crippen LogP contribution is 2.10. The van der Waals surface area contributed by atoms with Gasteiger partial charge in [0.05, 0.1) is 0 Å². The first-order valence-corrected chi connectivity index (χ1v) is 2.83. The maximum Gasteiger partial charge on any atom is 0.132 e. The van der Waals surface area contributed by atoms with Crippen LogP contribution in [0.5, 0.6) is 0 Å². The summed E-state index contributed by atoms with van der Waals surface area (Å²) in [6.45, 7) is -0.540. The molecule has 0 radical (unpaired) electrons. The number of rotatable bonds is 0. The minimum Gasteiger partial charge on any atom is -0.318 e. The van der Waals surface area contributed by atoms with Crippen molar-refractivity contribution in [3.8, 4) is 0 Å². The molecule has 0 N–H and O–H groups in total. The van der Waals surface area contributed by atoms with Crippen LogP contribution >= 0.6 is 0 Å². The molecule has 0 amide bonds. The monoisotopic (exact) mass is 145 g/mol. The molecule has 1 aliphatic heterocycles. The second-order valence-electron chi connectivity index (χ2n) is 1.83. The fraction of sp³-hybridized carbons (Fsp3) is 0.714. The van der Waals surface area contributed by atoms with Crippen molar-refractivity contribution in [2.45, 2.75) is 32.0 Å². The van der Waals surface area contributed by atoms with E-state index in [0.717, 1.165) is 10.9 Å². The van der Waals surface area contributed by atoms with E-state index < -0.39 is 37.9 Å². The summed E-state index contributed by atoms with van der Waals surface area (Å²) in [6, 6.07) is 0. The number of aromatic nitrogens is 3. The lowest BCUT2D eigenvalue weighted by Gasteiger charge is -1.97. The zero-order valence-electron chi connectivity index (χ0n) is 13.1. The molecule has 2 heterocycles.